The zero-order chi connectivity index (χ0) is 19.8. The van der Waals surface area contributed by atoms with E-state index in [1.807, 2.05) is 13.1 Å². The predicted molar refractivity (Wildman–Crippen MR) is 96.3 cm³/mol. The van der Waals surface area contributed by atoms with Crippen LogP contribution in [0.1, 0.15) is 40.0 Å². The maximum atomic E-state index is 11.3. The van der Waals surface area contributed by atoms with Gasteiger partial charge in [0.1, 0.15) is 0 Å². The Morgan fingerprint density at radius 3 is 1.92 bits per heavy atom. The van der Waals surface area contributed by atoms with Crippen molar-refractivity contribution in [3.05, 3.63) is 11.8 Å². The van der Waals surface area contributed by atoms with E-state index < -0.39 is 32.5 Å². The molecule has 0 heterocycles. The van der Waals surface area contributed by atoms with Crippen LogP contribution in [-0.4, -0.2) is 56.9 Å². The molecule has 0 aromatic rings. The first-order valence-corrected chi connectivity index (χ1v) is 11.1. The van der Waals surface area contributed by atoms with Gasteiger partial charge < -0.3 is 24.1 Å². The lowest BCUT2D eigenvalue weighted by Gasteiger charge is -2.37. The topological polar surface area (TPSA) is 102 Å². The third kappa shape index (κ3) is 9.04. The molecule has 0 rings (SSSR count). The molecule has 2 N–H and O–H groups in total. The maximum absolute atomic E-state index is 11.3. The number of rotatable bonds is 9. The summed E-state index contributed by atoms with van der Waals surface area (Å²) >= 11 is 0. The average Bonchev–Trinajstić information content (AvgIpc) is 2.44. The molecule has 2 atom stereocenters. The normalized spacial score (nSPS) is 15.3. The van der Waals surface area contributed by atoms with E-state index in [1.165, 1.54) is 20.3 Å². The third-order valence-corrected chi connectivity index (χ3v) is 8.63. The van der Waals surface area contributed by atoms with Crippen molar-refractivity contribution in [3.8, 4) is 0 Å². The number of carbonyl (C=O) groups excluding carboxylic acids is 2. The molecular formula is C17H32O7Si. The van der Waals surface area contributed by atoms with Gasteiger partial charge in [-0.25, -0.2) is 0 Å². The van der Waals surface area contributed by atoms with Gasteiger partial charge in [-0.1, -0.05) is 20.8 Å². The van der Waals surface area contributed by atoms with Gasteiger partial charge in [-0.3, -0.25) is 9.59 Å². The van der Waals surface area contributed by atoms with Crippen LogP contribution in [0.25, 0.3) is 0 Å². The van der Waals surface area contributed by atoms with Crippen LogP contribution in [0.15, 0.2) is 11.8 Å². The number of methoxy groups -OCH3 is 2. The average molecular weight is 377 g/mol. The Hall–Kier alpha value is -1.38. The fraction of sp³-hybridized carbons (Fsp3) is 0.765. The molecule has 146 valence electrons. The van der Waals surface area contributed by atoms with Crippen LogP contribution in [0.3, 0.4) is 0 Å². The van der Waals surface area contributed by atoms with E-state index in [0.29, 0.717) is 5.76 Å². The van der Waals surface area contributed by atoms with Crippen molar-refractivity contribution in [2.75, 3.05) is 14.2 Å². The van der Waals surface area contributed by atoms with Gasteiger partial charge in [-0.2, -0.15) is 0 Å². The summed E-state index contributed by atoms with van der Waals surface area (Å²) in [6.07, 6.45) is -1.06. The van der Waals surface area contributed by atoms with Crippen LogP contribution in [0.2, 0.25) is 18.1 Å². The lowest BCUT2D eigenvalue weighted by Crippen LogP contribution is -2.41. The van der Waals surface area contributed by atoms with E-state index in [2.05, 4.69) is 30.2 Å². The van der Waals surface area contributed by atoms with Crippen LogP contribution in [0.5, 0.6) is 0 Å². The molecule has 0 fully saturated rings. The molecule has 0 spiro atoms. The molecule has 0 amide bonds. The molecule has 0 aromatic carbocycles. The smallest absolute Gasteiger partial charge is 0.308 e. The molecule has 25 heavy (non-hydrogen) atoms. The van der Waals surface area contributed by atoms with Gasteiger partial charge in [0.05, 0.1) is 45.0 Å². The first-order chi connectivity index (χ1) is 11.3. The lowest BCUT2D eigenvalue weighted by molar-refractivity contribution is -0.143. The Bertz CT molecular complexity index is 480. The lowest BCUT2D eigenvalue weighted by atomic mass is 10.1. The number of hydrogen-bond donors (Lipinski definition) is 2. The molecule has 0 radical (unpaired) electrons. The van der Waals surface area contributed by atoms with Crippen molar-refractivity contribution >= 4 is 20.3 Å². The zero-order valence-electron chi connectivity index (χ0n) is 16.3. The molecule has 0 aliphatic carbocycles. The number of hydrogen-bond acceptors (Lipinski definition) is 7. The molecule has 0 aliphatic rings. The van der Waals surface area contributed by atoms with Crippen LogP contribution < -0.4 is 0 Å². The second-order valence-corrected chi connectivity index (χ2v) is 12.2. The third-order valence-electron chi connectivity index (χ3n) is 4.24. The second kappa shape index (κ2) is 9.93. The van der Waals surface area contributed by atoms with Crippen LogP contribution in [-0.2, 0) is 23.5 Å². The number of esters is 2. The Kier molecular flexibility index (Phi) is 9.38. The molecule has 0 saturated heterocycles. The highest BCUT2D eigenvalue weighted by Crippen LogP contribution is 2.38. The number of aliphatic hydroxyl groups is 2. The van der Waals surface area contributed by atoms with Crippen molar-refractivity contribution in [2.24, 2.45) is 0 Å². The summed E-state index contributed by atoms with van der Waals surface area (Å²) in [6.45, 7) is 10.2. The van der Waals surface area contributed by atoms with E-state index >= 15 is 0 Å². The van der Waals surface area contributed by atoms with Crippen molar-refractivity contribution in [1.29, 1.82) is 0 Å². The van der Waals surface area contributed by atoms with E-state index in [9.17, 15) is 19.8 Å². The van der Waals surface area contributed by atoms with Crippen molar-refractivity contribution in [1.82, 2.24) is 0 Å². The summed E-state index contributed by atoms with van der Waals surface area (Å²) in [5.74, 6) is -0.723. The van der Waals surface area contributed by atoms with E-state index in [4.69, 9.17) is 4.43 Å². The minimum atomic E-state index is -2.22. The highest BCUT2D eigenvalue weighted by molar-refractivity contribution is 6.74. The van der Waals surface area contributed by atoms with Gasteiger partial charge in [-0.05, 0) is 24.2 Å². The summed E-state index contributed by atoms with van der Waals surface area (Å²) in [6, 6.07) is 0. The number of aliphatic hydroxyl groups excluding tert-OH is 2. The predicted octanol–water partition coefficient (Wildman–Crippen LogP) is 2.13. The Morgan fingerprint density at radius 1 is 1.00 bits per heavy atom. The van der Waals surface area contributed by atoms with Gasteiger partial charge in [0.2, 0.25) is 8.32 Å². The van der Waals surface area contributed by atoms with Gasteiger partial charge >= 0.3 is 11.9 Å². The Balaban J connectivity index is 5.29. The fourth-order valence-electron chi connectivity index (χ4n) is 1.73. The van der Waals surface area contributed by atoms with E-state index in [-0.39, 0.29) is 24.3 Å². The largest absolute Gasteiger partial charge is 0.547 e. The fourth-order valence-corrected chi connectivity index (χ4v) is 2.85. The summed E-state index contributed by atoms with van der Waals surface area (Å²) < 4.78 is 15.2. The van der Waals surface area contributed by atoms with Crippen LogP contribution in [0, 0.1) is 0 Å². The van der Waals surface area contributed by atoms with Gasteiger partial charge in [-0.15, -0.1) is 0 Å². The maximum Gasteiger partial charge on any atom is 0.308 e. The SMILES string of the molecule is COC(=O)C[C@@H](O)CC(=C[C@@H](O)CC(=O)OC)O[Si](C)(C)C(C)(C)C. The van der Waals surface area contributed by atoms with Crippen molar-refractivity contribution in [2.45, 2.75) is 70.4 Å². The molecule has 0 bridgehead atoms. The van der Waals surface area contributed by atoms with Gasteiger partial charge in [0, 0.05) is 6.42 Å². The monoisotopic (exact) mass is 376 g/mol. The molecule has 8 heteroatoms. The highest BCUT2D eigenvalue weighted by atomic mass is 28.4. The molecule has 0 unspecified atom stereocenters. The zero-order valence-corrected chi connectivity index (χ0v) is 17.3. The number of ether oxygens (including phenoxy) is 2. The van der Waals surface area contributed by atoms with Crippen LogP contribution >= 0.6 is 0 Å². The summed E-state index contributed by atoms with van der Waals surface area (Å²) in [7, 11) is 0.269. The minimum Gasteiger partial charge on any atom is -0.547 e. The molecule has 0 aromatic heterocycles. The summed E-state index contributed by atoms with van der Waals surface area (Å²) in [5.41, 5.74) is 0. The molecular weight excluding hydrogens is 344 g/mol. The number of carbonyl (C=O) groups is 2. The van der Waals surface area contributed by atoms with Crippen molar-refractivity contribution < 1.29 is 33.7 Å². The standard InChI is InChI=1S/C17H32O7Si/c1-17(2,3)25(6,7)24-14(8-12(18)10-15(20)22-4)9-13(19)11-16(21)23-5/h8,12-13,18-19H,9-11H2,1-7H3/t12-,13+/m1/s1. The minimum absolute atomic E-state index is 0.0415. The van der Waals surface area contributed by atoms with E-state index in [1.54, 1.807) is 0 Å². The van der Waals surface area contributed by atoms with E-state index in [0.717, 1.165) is 0 Å². The quantitative estimate of drug-likeness (QED) is 0.361. The van der Waals surface area contributed by atoms with Crippen molar-refractivity contribution in [3.63, 3.8) is 0 Å². The summed E-state index contributed by atoms with van der Waals surface area (Å²) in [5, 5.41) is 20.0. The first kappa shape index (κ1) is 23.6. The molecule has 7 nitrogen and oxygen atoms in total. The Morgan fingerprint density at radius 2 is 1.48 bits per heavy atom. The van der Waals surface area contributed by atoms with Gasteiger partial charge in [0.15, 0.2) is 0 Å². The van der Waals surface area contributed by atoms with Crippen LogP contribution in [0.4, 0.5) is 0 Å². The molecule has 0 aliphatic heterocycles. The second-order valence-electron chi connectivity index (χ2n) is 7.48. The first-order valence-electron chi connectivity index (χ1n) is 8.22. The summed E-state index contributed by atoms with van der Waals surface area (Å²) in [4.78, 5) is 22.6. The molecule has 0 saturated carbocycles. The Labute approximate surface area is 151 Å². The van der Waals surface area contributed by atoms with Gasteiger partial charge in [0.25, 0.3) is 0 Å². The highest BCUT2D eigenvalue weighted by Gasteiger charge is 2.39.